The van der Waals surface area contributed by atoms with Crippen LogP contribution in [0, 0.1) is 0 Å². The molecule has 4 aromatic rings. The van der Waals surface area contributed by atoms with Crippen LogP contribution in [0.5, 0.6) is 0 Å². The van der Waals surface area contributed by atoms with Crippen LogP contribution in [0.4, 0.5) is 11.4 Å². The van der Waals surface area contributed by atoms with E-state index in [4.69, 9.17) is 18.3 Å². The van der Waals surface area contributed by atoms with Crippen molar-refractivity contribution in [3.05, 3.63) is 80.5 Å². The second-order valence-electron chi connectivity index (χ2n) is 10.9. The summed E-state index contributed by atoms with van der Waals surface area (Å²) < 4.78 is 22.4. The SMILES string of the molecule is CCN(CC)c1ccc2cc(C(=O)O[C@H]3CCCC[C@@H]3OC(=O)c3cc4ccc(N(CC)CC)cc4oc3=O)c(=O)oc2c1. The lowest BCUT2D eigenvalue weighted by Gasteiger charge is -2.30. The highest BCUT2D eigenvalue weighted by atomic mass is 16.6. The van der Waals surface area contributed by atoms with Gasteiger partial charge in [0.25, 0.3) is 0 Å². The average molecular weight is 603 g/mol. The highest BCUT2D eigenvalue weighted by Gasteiger charge is 2.33. The second-order valence-corrected chi connectivity index (χ2v) is 10.9. The molecule has 2 atom stereocenters. The Labute approximate surface area is 255 Å². The zero-order valence-electron chi connectivity index (χ0n) is 25.6. The number of rotatable bonds is 10. The van der Waals surface area contributed by atoms with Crippen molar-refractivity contribution in [2.24, 2.45) is 0 Å². The number of esters is 2. The summed E-state index contributed by atoms with van der Waals surface area (Å²) in [6.07, 6.45) is 0.805. The first-order valence-corrected chi connectivity index (χ1v) is 15.3. The molecule has 0 amide bonds. The van der Waals surface area contributed by atoms with Gasteiger partial charge >= 0.3 is 23.2 Å². The van der Waals surface area contributed by atoms with Gasteiger partial charge in [0.05, 0.1) is 0 Å². The molecule has 0 bridgehead atoms. The standard InChI is InChI=1S/C34H38N2O8/c1-5-35(6-2)23-15-13-21-17-25(33(39)43-29(21)19-23)31(37)41-27-11-9-10-12-28(27)42-32(38)26-18-22-14-16-24(36(7-3)8-4)20-30(22)44-34(26)40/h13-20,27-28H,5-12H2,1-4H3/t27-,28-/m0/s1. The van der Waals surface area contributed by atoms with Gasteiger partial charge in [0.2, 0.25) is 0 Å². The summed E-state index contributed by atoms with van der Waals surface area (Å²) in [6.45, 7) is 11.4. The minimum atomic E-state index is -0.851. The Bertz CT molecular complexity index is 1650. The number of hydrogen-bond acceptors (Lipinski definition) is 10. The molecule has 44 heavy (non-hydrogen) atoms. The summed E-state index contributed by atoms with van der Waals surface area (Å²) in [5, 5.41) is 1.18. The molecule has 0 spiro atoms. The largest absolute Gasteiger partial charge is 0.455 e. The molecular formula is C34H38N2O8. The molecule has 232 valence electrons. The van der Waals surface area contributed by atoms with Crippen LogP contribution in [0.1, 0.15) is 74.1 Å². The van der Waals surface area contributed by atoms with E-state index in [1.165, 1.54) is 12.1 Å². The normalized spacial score (nSPS) is 16.5. The quantitative estimate of drug-likeness (QED) is 0.160. The minimum absolute atomic E-state index is 0.233. The fourth-order valence-corrected chi connectivity index (χ4v) is 5.79. The monoisotopic (exact) mass is 602 g/mol. The van der Waals surface area contributed by atoms with Crippen LogP contribution in [-0.2, 0) is 9.47 Å². The van der Waals surface area contributed by atoms with Gasteiger partial charge in [-0.05, 0) is 89.8 Å². The highest BCUT2D eigenvalue weighted by molar-refractivity contribution is 5.94. The molecule has 1 saturated carbocycles. The summed E-state index contributed by atoms with van der Waals surface area (Å²) in [7, 11) is 0. The lowest BCUT2D eigenvalue weighted by Crippen LogP contribution is -2.39. The van der Waals surface area contributed by atoms with Crippen molar-refractivity contribution in [2.45, 2.75) is 65.6 Å². The number of nitrogens with zero attached hydrogens (tertiary/aromatic N) is 2. The molecule has 10 heteroatoms. The van der Waals surface area contributed by atoms with Crippen LogP contribution in [0.25, 0.3) is 21.9 Å². The molecule has 0 radical (unpaired) electrons. The predicted octanol–water partition coefficient (Wildman–Crippen LogP) is 5.92. The number of anilines is 2. The topological polar surface area (TPSA) is 119 Å². The van der Waals surface area contributed by atoms with Crippen LogP contribution in [-0.4, -0.2) is 50.3 Å². The molecule has 0 unspecified atom stereocenters. The first-order valence-electron chi connectivity index (χ1n) is 15.3. The third kappa shape index (κ3) is 6.34. The summed E-state index contributed by atoms with van der Waals surface area (Å²) in [5.41, 5.74) is 0.502. The van der Waals surface area contributed by atoms with E-state index in [1.807, 2.05) is 39.8 Å². The van der Waals surface area contributed by atoms with Gasteiger partial charge in [0.1, 0.15) is 34.5 Å². The number of carbonyl (C=O) groups is 2. The molecule has 1 aliphatic carbocycles. The molecule has 2 heterocycles. The van der Waals surface area contributed by atoms with Crippen molar-refractivity contribution in [1.29, 1.82) is 0 Å². The molecule has 10 nitrogen and oxygen atoms in total. The maximum Gasteiger partial charge on any atom is 0.351 e. The van der Waals surface area contributed by atoms with Gasteiger partial charge in [-0.1, -0.05) is 0 Å². The van der Waals surface area contributed by atoms with Crippen LogP contribution in [0.2, 0.25) is 0 Å². The van der Waals surface area contributed by atoms with E-state index >= 15 is 0 Å². The molecule has 1 fully saturated rings. The summed E-state index contributed by atoms with van der Waals surface area (Å²) in [6, 6.07) is 13.9. The van der Waals surface area contributed by atoms with E-state index in [0.29, 0.717) is 34.8 Å². The molecular weight excluding hydrogens is 564 g/mol. The van der Waals surface area contributed by atoms with E-state index in [-0.39, 0.29) is 11.1 Å². The van der Waals surface area contributed by atoms with Gasteiger partial charge in [-0.2, -0.15) is 0 Å². The summed E-state index contributed by atoms with van der Waals surface area (Å²) >= 11 is 0. The molecule has 0 saturated heterocycles. The fraction of sp³-hybridized carbons (Fsp3) is 0.412. The van der Waals surface area contributed by atoms with E-state index < -0.39 is 35.4 Å². The van der Waals surface area contributed by atoms with Crippen LogP contribution < -0.4 is 21.1 Å². The van der Waals surface area contributed by atoms with Crippen molar-refractivity contribution in [3.8, 4) is 0 Å². The Morgan fingerprint density at radius 3 is 1.41 bits per heavy atom. The first kappa shape index (κ1) is 30.8. The maximum atomic E-state index is 13.2. The third-order valence-corrected chi connectivity index (χ3v) is 8.29. The van der Waals surface area contributed by atoms with Crippen molar-refractivity contribution in [2.75, 3.05) is 36.0 Å². The van der Waals surface area contributed by atoms with Gasteiger partial charge < -0.3 is 28.1 Å². The lowest BCUT2D eigenvalue weighted by molar-refractivity contribution is -0.0517. The van der Waals surface area contributed by atoms with Gasteiger partial charge in [0.15, 0.2) is 0 Å². The molecule has 2 aromatic heterocycles. The van der Waals surface area contributed by atoms with E-state index in [1.54, 1.807) is 24.3 Å². The Kier molecular flexibility index (Phi) is 9.37. The number of ether oxygens (including phenoxy) is 2. The number of fused-ring (bicyclic) bond motifs is 2. The lowest BCUT2D eigenvalue weighted by atomic mass is 9.94. The van der Waals surface area contributed by atoms with Crippen LogP contribution in [0.3, 0.4) is 0 Å². The molecule has 5 rings (SSSR count). The molecule has 2 aromatic carbocycles. The molecule has 0 N–H and O–H groups in total. The van der Waals surface area contributed by atoms with E-state index in [0.717, 1.165) is 50.4 Å². The van der Waals surface area contributed by atoms with Crippen LogP contribution >= 0.6 is 0 Å². The van der Waals surface area contributed by atoms with E-state index in [2.05, 4.69) is 9.80 Å². The van der Waals surface area contributed by atoms with Gasteiger partial charge in [0, 0.05) is 60.5 Å². The zero-order valence-corrected chi connectivity index (χ0v) is 25.6. The molecule has 0 aliphatic heterocycles. The fourth-order valence-electron chi connectivity index (χ4n) is 5.79. The second kappa shape index (κ2) is 13.4. The highest BCUT2D eigenvalue weighted by Crippen LogP contribution is 2.28. The minimum Gasteiger partial charge on any atom is -0.455 e. The van der Waals surface area contributed by atoms with Crippen molar-refractivity contribution in [3.63, 3.8) is 0 Å². The zero-order chi connectivity index (χ0) is 31.4. The predicted molar refractivity (Wildman–Crippen MR) is 169 cm³/mol. The van der Waals surface area contributed by atoms with Crippen LogP contribution in [0.15, 0.2) is 67.0 Å². The Morgan fingerprint density at radius 1 is 0.659 bits per heavy atom. The van der Waals surface area contributed by atoms with Gasteiger partial charge in [-0.3, -0.25) is 0 Å². The number of benzene rings is 2. The summed E-state index contributed by atoms with van der Waals surface area (Å²) in [5.74, 6) is -1.70. The number of hydrogen-bond donors (Lipinski definition) is 0. The Morgan fingerprint density at radius 2 is 1.05 bits per heavy atom. The smallest absolute Gasteiger partial charge is 0.351 e. The van der Waals surface area contributed by atoms with Gasteiger partial charge in [-0.25, -0.2) is 19.2 Å². The van der Waals surface area contributed by atoms with Crippen molar-refractivity contribution >= 4 is 45.3 Å². The third-order valence-electron chi connectivity index (χ3n) is 8.29. The van der Waals surface area contributed by atoms with Crippen molar-refractivity contribution in [1.82, 2.24) is 0 Å². The molecule has 1 aliphatic rings. The summed E-state index contributed by atoms with van der Waals surface area (Å²) in [4.78, 5) is 56.2. The maximum absolute atomic E-state index is 13.2. The van der Waals surface area contributed by atoms with Crippen molar-refractivity contribution < 1.29 is 27.9 Å². The Hall–Kier alpha value is -4.60. The number of carbonyl (C=O) groups excluding carboxylic acids is 2. The van der Waals surface area contributed by atoms with Gasteiger partial charge in [-0.15, -0.1) is 0 Å². The average Bonchev–Trinajstić information content (AvgIpc) is 3.02. The Balaban J connectivity index is 1.33. The van der Waals surface area contributed by atoms with E-state index in [9.17, 15) is 19.2 Å². The first-order chi connectivity index (χ1) is 21.3.